The zero-order valence-electron chi connectivity index (χ0n) is 17.0. The molecular formula is C22H28ClN7. The minimum atomic E-state index is 0.315. The molecule has 5 rings (SSSR count). The summed E-state index contributed by atoms with van der Waals surface area (Å²) in [6, 6.07) is 8.77. The monoisotopic (exact) mass is 425 g/mol. The standard InChI is InChI=1S/C22H28ClN7/c23-14-4-3-5-17(12-14)26-20-19-21(30(13-25-19)18-6-1-2-7-18)29-22(28-20)27-16-10-8-15(24)9-11-16/h3-5,12-13,15-16,18H,1-2,6-11,24H2,(H2,26,27,28,29). The van der Waals surface area contributed by atoms with Crippen molar-refractivity contribution >= 4 is 40.2 Å². The topological polar surface area (TPSA) is 93.7 Å². The number of benzene rings is 1. The summed E-state index contributed by atoms with van der Waals surface area (Å²) in [4.78, 5) is 14.4. The van der Waals surface area contributed by atoms with E-state index in [1.807, 2.05) is 30.6 Å². The van der Waals surface area contributed by atoms with Crippen LogP contribution in [0.2, 0.25) is 5.02 Å². The van der Waals surface area contributed by atoms with E-state index in [1.165, 1.54) is 25.7 Å². The van der Waals surface area contributed by atoms with Crippen LogP contribution in [-0.2, 0) is 0 Å². The van der Waals surface area contributed by atoms with Crippen LogP contribution in [0.4, 0.5) is 17.5 Å². The molecule has 2 aliphatic rings. The van der Waals surface area contributed by atoms with Gasteiger partial charge < -0.3 is 20.9 Å². The van der Waals surface area contributed by atoms with E-state index in [0.717, 1.165) is 42.5 Å². The molecule has 0 radical (unpaired) electrons. The highest BCUT2D eigenvalue weighted by molar-refractivity contribution is 6.30. The Morgan fingerprint density at radius 1 is 1.03 bits per heavy atom. The SMILES string of the molecule is NC1CCC(Nc2nc(Nc3cccc(Cl)c3)c3ncn(C4CCCC4)c3n2)CC1. The maximum Gasteiger partial charge on any atom is 0.227 e. The molecule has 0 aliphatic heterocycles. The lowest BCUT2D eigenvalue weighted by molar-refractivity contribution is 0.410. The van der Waals surface area contributed by atoms with E-state index in [4.69, 9.17) is 27.3 Å². The van der Waals surface area contributed by atoms with Gasteiger partial charge in [0.25, 0.3) is 0 Å². The first kappa shape index (κ1) is 19.6. The Morgan fingerprint density at radius 3 is 2.60 bits per heavy atom. The molecule has 158 valence electrons. The van der Waals surface area contributed by atoms with Crippen LogP contribution in [0.15, 0.2) is 30.6 Å². The van der Waals surface area contributed by atoms with Crippen LogP contribution in [0.3, 0.4) is 0 Å². The average Bonchev–Trinajstić information content (AvgIpc) is 3.39. The highest BCUT2D eigenvalue weighted by atomic mass is 35.5. The van der Waals surface area contributed by atoms with Gasteiger partial charge in [0.1, 0.15) is 0 Å². The lowest BCUT2D eigenvalue weighted by Crippen LogP contribution is -2.33. The summed E-state index contributed by atoms with van der Waals surface area (Å²) in [6.45, 7) is 0. The molecule has 2 heterocycles. The molecule has 2 aromatic heterocycles. The smallest absolute Gasteiger partial charge is 0.227 e. The second kappa shape index (κ2) is 8.40. The molecule has 0 bridgehead atoms. The Bertz CT molecular complexity index is 1020. The summed E-state index contributed by atoms with van der Waals surface area (Å²) in [5, 5.41) is 7.64. The minimum absolute atomic E-state index is 0.315. The van der Waals surface area contributed by atoms with Gasteiger partial charge in [0.15, 0.2) is 17.0 Å². The third-order valence-corrected chi connectivity index (χ3v) is 6.57. The Kier molecular flexibility index (Phi) is 5.48. The number of fused-ring (bicyclic) bond motifs is 1. The molecule has 1 aromatic carbocycles. The number of nitrogens with zero attached hydrogens (tertiary/aromatic N) is 4. The summed E-state index contributed by atoms with van der Waals surface area (Å²) in [7, 11) is 0. The highest BCUT2D eigenvalue weighted by Gasteiger charge is 2.24. The molecule has 2 aliphatic carbocycles. The molecule has 8 heteroatoms. The molecule has 7 nitrogen and oxygen atoms in total. The quantitative estimate of drug-likeness (QED) is 0.531. The maximum atomic E-state index is 6.18. The minimum Gasteiger partial charge on any atom is -0.351 e. The maximum absolute atomic E-state index is 6.18. The van der Waals surface area contributed by atoms with Gasteiger partial charge >= 0.3 is 0 Å². The van der Waals surface area contributed by atoms with Crippen molar-refractivity contribution in [1.82, 2.24) is 19.5 Å². The number of hydrogen-bond acceptors (Lipinski definition) is 6. The predicted molar refractivity (Wildman–Crippen MR) is 121 cm³/mol. The summed E-state index contributed by atoms with van der Waals surface area (Å²) in [6.07, 6.45) is 10.9. The molecular weight excluding hydrogens is 398 g/mol. The number of nitrogens with two attached hydrogens (primary N) is 1. The largest absolute Gasteiger partial charge is 0.351 e. The fourth-order valence-corrected chi connectivity index (χ4v) is 4.86. The highest BCUT2D eigenvalue weighted by Crippen LogP contribution is 2.34. The molecule has 2 fully saturated rings. The van der Waals surface area contributed by atoms with E-state index in [9.17, 15) is 0 Å². The predicted octanol–water partition coefficient (Wildman–Crippen LogP) is 5.02. The number of halogens is 1. The van der Waals surface area contributed by atoms with E-state index in [0.29, 0.717) is 34.9 Å². The van der Waals surface area contributed by atoms with Crippen LogP contribution in [0.5, 0.6) is 0 Å². The Balaban J connectivity index is 1.51. The molecule has 0 unspecified atom stereocenters. The van der Waals surface area contributed by atoms with Crippen molar-refractivity contribution in [3.63, 3.8) is 0 Å². The van der Waals surface area contributed by atoms with Crippen molar-refractivity contribution in [2.75, 3.05) is 10.6 Å². The van der Waals surface area contributed by atoms with Crippen LogP contribution in [0.25, 0.3) is 11.2 Å². The number of rotatable bonds is 5. The first-order chi connectivity index (χ1) is 14.7. The Morgan fingerprint density at radius 2 is 1.83 bits per heavy atom. The number of nitrogens with one attached hydrogen (secondary N) is 2. The molecule has 0 amide bonds. The first-order valence-corrected chi connectivity index (χ1v) is 11.3. The van der Waals surface area contributed by atoms with Crippen LogP contribution in [0.1, 0.15) is 57.4 Å². The van der Waals surface area contributed by atoms with Gasteiger partial charge in [0.2, 0.25) is 5.95 Å². The molecule has 0 spiro atoms. The van der Waals surface area contributed by atoms with E-state index in [-0.39, 0.29) is 0 Å². The fraction of sp³-hybridized carbons (Fsp3) is 0.500. The van der Waals surface area contributed by atoms with Crippen LogP contribution in [0, 0.1) is 0 Å². The van der Waals surface area contributed by atoms with Crippen molar-refractivity contribution < 1.29 is 0 Å². The molecule has 2 saturated carbocycles. The summed E-state index contributed by atoms with van der Waals surface area (Å²) in [5.74, 6) is 1.35. The molecule has 0 saturated heterocycles. The van der Waals surface area contributed by atoms with Crippen molar-refractivity contribution in [1.29, 1.82) is 0 Å². The average molecular weight is 426 g/mol. The third kappa shape index (κ3) is 4.09. The van der Waals surface area contributed by atoms with E-state index < -0.39 is 0 Å². The van der Waals surface area contributed by atoms with Crippen molar-refractivity contribution in [2.45, 2.75) is 69.5 Å². The molecule has 4 N–H and O–H groups in total. The molecule has 3 aromatic rings. The van der Waals surface area contributed by atoms with Crippen molar-refractivity contribution in [2.24, 2.45) is 5.73 Å². The first-order valence-electron chi connectivity index (χ1n) is 10.9. The van der Waals surface area contributed by atoms with Gasteiger partial charge in [0, 0.05) is 28.8 Å². The van der Waals surface area contributed by atoms with Gasteiger partial charge in [-0.1, -0.05) is 30.5 Å². The molecule has 30 heavy (non-hydrogen) atoms. The Hall–Kier alpha value is -2.38. The van der Waals surface area contributed by atoms with E-state index in [2.05, 4.69) is 20.2 Å². The van der Waals surface area contributed by atoms with E-state index in [1.54, 1.807) is 0 Å². The lowest BCUT2D eigenvalue weighted by Gasteiger charge is -2.27. The number of hydrogen-bond donors (Lipinski definition) is 3. The van der Waals surface area contributed by atoms with Gasteiger partial charge in [-0.25, -0.2) is 4.98 Å². The van der Waals surface area contributed by atoms with Crippen molar-refractivity contribution in [3.8, 4) is 0 Å². The third-order valence-electron chi connectivity index (χ3n) is 6.33. The second-order valence-electron chi connectivity index (χ2n) is 8.55. The second-order valence-corrected chi connectivity index (χ2v) is 8.99. The van der Waals surface area contributed by atoms with Gasteiger partial charge in [-0.05, 0) is 56.7 Å². The van der Waals surface area contributed by atoms with E-state index >= 15 is 0 Å². The number of imidazole rings is 1. The van der Waals surface area contributed by atoms with Crippen LogP contribution >= 0.6 is 11.6 Å². The summed E-state index contributed by atoms with van der Waals surface area (Å²) < 4.78 is 2.23. The summed E-state index contributed by atoms with van der Waals surface area (Å²) >= 11 is 6.18. The number of anilines is 3. The van der Waals surface area contributed by atoms with Crippen LogP contribution < -0.4 is 16.4 Å². The summed E-state index contributed by atoms with van der Waals surface area (Å²) in [5.41, 5.74) is 8.63. The van der Waals surface area contributed by atoms with Gasteiger partial charge in [0.05, 0.1) is 6.33 Å². The zero-order chi connectivity index (χ0) is 20.5. The van der Waals surface area contributed by atoms with Gasteiger partial charge in [-0.3, -0.25) is 0 Å². The zero-order valence-corrected chi connectivity index (χ0v) is 17.8. The Labute approximate surface area is 181 Å². The van der Waals surface area contributed by atoms with Gasteiger partial charge in [-0.2, -0.15) is 9.97 Å². The van der Waals surface area contributed by atoms with Crippen LogP contribution in [-0.4, -0.2) is 31.6 Å². The molecule has 0 atom stereocenters. The van der Waals surface area contributed by atoms with Gasteiger partial charge in [-0.15, -0.1) is 0 Å². The normalized spacial score (nSPS) is 22.5. The van der Waals surface area contributed by atoms with Crippen molar-refractivity contribution in [3.05, 3.63) is 35.6 Å². The number of aromatic nitrogens is 4. The fourth-order valence-electron chi connectivity index (χ4n) is 4.67. The lowest BCUT2D eigenvalue weighted by atomic mass is 9.92.